The summed E-state index contributed by atoms with van der Waals surface area (Å²) in [6.45, 7) is 1.83. The zero-order valence-electron chi connectivity index (χ0n) is 20.8. The molecule has 2 fully saturated rings. The molecule has 0 bridgehead atoms. The summed E-state index contributed by atoms with van der Waals surface area (Å²) in [5.74, 6) is -0.174. The highest BCUT2D eigenvalue weighted by atomic mass is 16.7. The van der Waals surface area contributed by atoms with Gasteiger partial charge >= 0.3 is 0 Å². The molecule has 0 aromatic heterocycles. The number of rotatable bonds is 8. The predicted octanol–water partition coefficient (Wildman–Crippen LogP) is 4.43. The molecular weight excluding hydrogens is 468 g/mol. The van der Waals surface area contributed by atoms with Crippen LogP contribution in [0.2, 0.25) is 0 Å². The lowest BCUT2D eigenvalue weighted by Crippen LogP contribution is -2.42. The Bertz CT molecular complexity index is 1170. The van der Waals surface area contributed by atoms with Gasteiger partial charge in [-0.2, -0.15) is 0 Å². The second-order valence-corrected chi connectivity index (χ2v) is 9.77. The maximum absolute atomic E-state index is 12.7. The minimum absolute atomic E-state index is 0.000826. The maximum atomic E-state index is 12.7. The number of carbonyl (C=O) groups excluding carboxylic acids is 1. The molecule has 37 heavy (non-hydrogen) atoms. The summed E-state index contributed by atoms with van der Waals surface area (Å²) in [5.41, 5.74) is 3.98. The Morgan fingerprint density at radius 1 is 0.946 bits per heavy atom. The van der Waals surface area contributed by atoms with E-state index in [2.05, 4.69) is 10.2 Å². The van der Waals surface area contributed by atoms with Crippen LogP contribution in [0, 0.1) is 0 Å². The molecule has 2 saturated heterocycles. The number of hydrogen-bond donors (Lipinski definition) is 3. The van der Waals surface area contributed by atoms with E-state index in [-0.39, 0.29) is 37.4 Å². The normalized spacial score (nSPS) is 24.2. The lowest BCUT2D eigenvalue weighted by molar-refractivity contribution is -0.253. The van der Waals surface area contributed by atoms with Crippen LogP contribution in [0.1, 0.15) is 58.7 Å². The monoisotopic (exact) mass is 502 g/mol. The van der Waals surface area contributed by atoms with E-state index < -0.39 is 6.29 Å². The summed E-state index contributed by atoms with van der Waals surface area (Å²) in [5, 5.41) is 22.2. The van der Waals surface area contributed by atoms with Gasteiger partial charge in [-0.1, -0.05) is 54.6 Å². The van der Waals surface area contributed by atoms with E-state index in [0.717, 1.165) is 42.6 Å². The summed E-state index contributed by atoms with van der Waals surface area (Å²) in [4.78, 5) is 15.0. The van der Waals surface area contributed by atoms with Gasteiger partial charge in [0.25, 0.3) is 5.91 Å². The molecule has 7 heteroatoms. The van der Waals surface area contributed by atoms with Crippen molar-refractivity contribution in [2.45, 2.75) is 50.4 Å². The highest BCUT2D eigenvalue weighted by Gasteiger charge is 2.35. The number of anilines is 1. The minimum atomic E-state index is -0.606. The van der Waals surface area contributed by atoms with Gasteiger partial charge in [-0.05, 0) is 54.8 Å². The fourth-order valence-corrected chi connectivity index (χ4v) is 5.19. The number of nitrogens with zero attached hydrogens (tertiary/aromatic N) is 1. The van der Waals surface area contributed by atoms with Crippen LogP contribution < -0.4 is 5.32 Å². The van der Waals surface area contributed by atoms with Gasteiger partial charge in [-0.25, -0.2) is 0 Å². The molecule has 0 radical (unpaired) electrons. The van der Waals surface area contributed by atoms with Crippen LogP contribution in [-0.2, 0) is 16.1 Å². The zero-order chi connectivity index (χ0) is 25.6. The Morgan fingerprint density at radius 3 is 2.51 bits per heavy atom. The third-order valence-corrected chi connectivity index (χ3v) is 7.22. The smallest absolute Gasteiger partial charge is 0.255 e. The number of nitrogens with one attached hydrogen (secondary N) is 1. The SMILES string of the molecule is O=C(Nc1cccc(C2OC(CN3CCCC3CO)CC(c3ccc(CO)cc3)O2)c1)c1ccccc1. The molecule has 0 saturated carbocycles. The number of amides is 1. The van der Waals surface area contributed by atoms with E-state index >= 15 is 0 Å². The molecule has 2 aliphatic heterocycles. The average molecular weight is 503 g/mol. The standard InChI is InChI=1S/C30H34N2O5/c33-19-21-11-13-22(14-12-21)28-17-27(18-32-15-5-10-26(32)20-34)36-30(37-28)24-8-4-9-25(16-24)31-29(35)23-6-2-1-3-7-23/h1-4,6-9,11-14,16,26-28,30,33-34H,5,10,15,17-20H2,(H,31,35). The van der Waals surface area contributed by atoms with Gasteiger partial charge in [0.05, 0.1) is 25.4 Å². The quantitative estimate of drug-likeness (QED) is 0.422. The Morgan fingerprint density at radius 2 is 1.76 bits per heavy atom. The summed E-state index contributed by atoms with van der Waals surface area (Å²) in [7, 11) is 0. The van der Waals surface area contributed by atoms with Crippen molar-refractivity contribution in [2.24, 2.45) is 0 Å². The zero-order valence-corrected chi connectivity index (χ0v) is 20.8. The van der Waals surface area contributed by atoms with Gasteiger partial charge in [-0.15, -0.1) is 0 Å². The van der Waals surface area contributed by atoms with Crippen LogP contribution in [-0.4, -0.2) is 52.9 Å². The van der Waals surface area contributed by atoms with Crippen molar-refractivity contribution in [3.05, 3.63) is 101 Å². The first-order valence-electron chi connectivity index (χ1n) is 12.9. The van der Waals surface area contributed by atoms with Gasteiger partial charge in [0.1, 0.15) is 0 Å². The van der Waals surface area contributed by atoms with Gasteiger partial charge in [0, 0.05) is 35.8 Å². The maximum Gasteiger partial charge on any atom is 0.255 e. The third-order valence-electron chi connectivity index (χ3n) is 7.22. The van der Waals surface area contributed by atoms with Crippen molar-refractivity contribution in [3.63, 3.8) is 0 Å². The molecule has 7 nitrogen and oxygen atoms in total. The molecule has 0 spiro atoms. The molecule has 3 N–H and O–H groups in total. The van der Waals surface area contributed by atoms with E-state index in [1.54, 1.807) is 12.1 Å². The molecule has 2 heterocycles. The summed E-state index contributed by atoms with van der Waals surface area (Å²) in [6.07, 6.45) is 1.88. The molecule has 194 valence electrons. The fraction of sp³-hybridized carbons (Fsp3) is 0.367. The Labute approximate surface area is 217 Å². The first-order chi connectivity index (χ1) is 18.1. The van der Waals surface area contributed by atoms with Gasteiger partial charge in [-0.3, -0.25) is 9.69 Å². The van der Waals surface area contributed by atoms with Crippen LogP contribution in [0.4, 0.5) is 5.69 Å². The van der Waals surface area contributed by atoms with Crippen molar-refractivity contribution in [1.82, 2.24) is 4.90 Å². The van der Waals surface area contributed by atoms with Crippen molar-refractivity contribution in [1.29, 1.82) is 0 Å². The average Bonchev–Trinajstić information content (AvgIpc) is 3.40. The van der Waals surface area contributed by atoms with E-state index in [9.17, 15) is 15.0 Å². The van der Waals surface area contributed by atoms with Crippen LogP contribution in [0.25, 0.3) is 0 Å². The highest BCUT2D eigenvalue weighted by Crippen LogP contribution is 2.39. The largest absolute Gasteiger partial charge is 0.395 e. The van der Waals surface area contributed by atoms with Crippen molar-refractivity contribution < 1.29 is 24.5 Å². The summed E-state index contributed by atoms with van der Waals surface area (Å²) < 4.78 is 12.9. The van der Waals surface area contributed by atoms with Crippen LogP contribution in [0.5, 0.6) is 0 Å². The van der Waals surface area contributed by atoms with Crippen LogP contribution in [0.3, 0.4) is 0 Å². The second-order valence-electron chi connectivity index (χ2n) is 9.77. The van der Waals surface area contributed by atoms with Gasteiger partial charge in [0.2, 0.25) is 0 Å². The first kappa shape index (κ1) is 25.6. The van der Waals surface area contributed by atoms with Crippen LogP contribution in [0.15, 0.2) is 78.9 Å². The minimum Gasteiger partial charge on any atom is -0.395 e. The van der Waals surface area contributed by atoms with E-state index in [4.69, 9.17) is 9.47 Å². The number of likely N-dealkylation sites (tertiary alicyclic amines) is 1. The van der Waals surface area contributed by atoms with E-state index in [0.29, 0.717) is 17.7 Å². The summed E-state index contributed by atoms with van der Waals surface area (Å²) in [6, 6.07) is 24.7. The fourth-order valence-electron chi connectivity index (χ4n) is 5.19. The molecule has 5 rings (SSSR count). The summed E-state index contributed by atoms with van der Waals surface area (Å²) >= 11 is 0. The van der Waals surface area contributed by atoms with Crippen molar-refractivity contribution in [2.75, 3.05) is 25.0 Å². The molecule has 3 aromatic carbocycles. The number of carbonyl (C=O) groups is 1. The lowest BCUT2D eigenvalue weighted by atomic mass is 9.99. The predicted molar refractivity (Wildman–Crippen MR) is 141 cm³/mol. The van der Waals surface area contributed by atoms with Crippen molar-refractivity contribution >= 4 is 11.6 Å². The molecular formula is C30H34N2O5. The molecule has 4 unspecified atom stereocenters. The van der Waals surface area contributed by atoms with E-state index in [1.807, 2.05) is 66.7 Å². The molecule has 2 aliphatic rings. The van der Waals surface area contributed by atoms with Gasteiger partial charge < -0.3 is 25.0 Å². The number of ether oxygens (including phenoxy) is 2. The second kappa shape index (κ2) is 12.0. The number of hydrogen-bond acceptors (Lipinski definition) is 6. The molecule has 4 atom stereocenters. The topological polar surface area (TPSA) is 91.3 Å². The lowest BCUT2D eigenvalue weighted by Gasteiger charge is -2.38. The molecule has 3 aromatic rings. The molecule has 1 amide bonds. The van der Waals surface area contributed by atoms with Gasteiger partial charge in [0.15, 0.2) is 6.29 Å². The first-order valence-corrected chi connectivity index (χ1v) is 12.9. The Kier molecular flexibility index (Phi) is 8.28. The highest BCUT2D eigenvalue weighted by molar-refractivity contribution is 6.04. The van der Waals surface area contributed by atoms with Crippen molar-refractivity contribution in [3.8, 4) is 0 Å². The Hall–Kier alpha value is -3.07. The molecule has 0 aliphatic carbocycles. The number of aliphatic hydroxyl groups is 2. The van der Waals surface area contributed by atoms with Crippen LogP contribution >= 0.6 is 0 Å². The third kappa shape index (κ3) is 6.26. The van der Waals surface area contributed by atoms with E-state index in [1.165, 1.54) is 0 Å². The Balaban J connectivity index is 1.36. The number of aliphatic hydroxyl groups excluding tert-OH is 2. The number of benzene rings is 3.